The summed E-state index contributed by atoms with van der Waals surface area (Å²) in [6.45, 7) is 8.09. The number of fused-ring (bicyclic) bond motifs is 1. The number of carbonyl (C=O) groups is 3. The summed E-state index contributed by atoms with van der Waals surface area (Å²) in [6.07, 6.45) is 2.11. The molecule has 2 aromatic rings. The van der Waals surface area contributed by atoms with Crippen LogP contribution in [0.2, 0.25) is 0 Å². The first-order valence-electron chi connectivity index (χ1n) is 14.4. The SMILES string of the molecule is COCCCCCn1c(C(=O)N(CC(C)C)[C@H]2C[C@@H](C(=O)N3CCOCC3)CN(C(=O)O)C2)nc2ccccc21. The normalized spacial score (nSPS) is 19.8. The number of ether oxygens (including phenoxy) is 2. The van der Waals surface area contributed by atoms with Gasteiger partial charge in [-0.2, -0.15) is 0 Å². The van der Waals surface area contributed by atoms with Crippen LogP contribution in [0.5, 0.6) is 0 Å². The molecule has 40 heavy (non-hydrogen) atoms. The molecule has 220 valence electrons. The number of rotatable bonds is 11. The van der Waals surface area contributed by atoms with E-state index in [0.29, 0.717) is 58.2 Å². The Bertz CT molecular complexity index is 1160. The van der Waals surface area contributed by atoms with E-state index < -0.39 is 18.1 Å². The van der Waals surface area contributed by atoms with Crippen molar-refractivity contribution in [2.75, 3.05) is 59.7 Å². The maximum atomic E-state index is 14.3. The van der Waals surface area contributed by atoms with Gasteiger partial charge in [0, 0.05) is 53.0 Å². The second-order valence-electron chi connectivity index (χ2n) is 11.2. The monoisotopic (exact) mass is 557 g/mol. The average Bonchev–Trinajstić information content (AvgIpc) is 3.33. The summed E-state index contributed by atoms with van der Waals surface area (Å²) in [5.41, 5.74) is 1.65. The minimum absolute atomic E-state index is 0.0699. The highest BCUT2D eigenvalue weighted by Crippen LogP contribution is 2.27. The van der Waals surface area contributed by atoms with Gasteiger partial charge in [0.1, 0.15) is 0 Å². The van der Waals surface area contributed by atoms with E-state index in [9.17, 15) is 19.5 Å². The van der Waals surface area contributed by atoms with E-state index in [1.807, 2.05) is 42.7 Å². The number of unbranched alkanes of at least 4 members (excludes halogenated alkanes) is 2. The highest BCUT2D eigenvalue weighted by molar-refractivity contribution is 5.95. The number of aryl methyl sites for hydroxylation is 1. The Morgan fingerprint density at radius 3 is 2.55 bits per heavy atom. The summed E-state index contributed by atoms with van der Waals surface area (Å²) in [7, 11) is 1.69. The summed E-state index contributed by atoms with van der Waals surface area (Å²) in [5.74, 6) is -0.312. The molecule has 1 N–H and O–H groups in total. The van der Waals surface area contributed by atoms with Crippen molar-refractivity contribution in [3.8, 4) is 0 Å². The van der Waals surface area contributed by atoms with Crippen LogP contribution in [0.3, 0.4) is 0 Å². The minimum atomic E-state index is -1.08. The number of aromatic nitrogens is 2. The molecule has 11 heteroatoms. The summed E-state index contributed by atoms with van der Waals surface area (Å²) in [6, 6.07) is 7.30. The van der Waals surface area contributed by atoms with Gasteiger partial charge in [0.05, 0.1) is 36.2 Å². The van der Waals surface area contributed by atoms with E-state index in [1.54, 1.807) is 16.9 Å². The van der Waals surface area contributed by atoms with Gasteiger partial charge in [0.2, 0.25) is 5.91 Å². The van der Waals surface area contributed by atoms with Crippen LogP contribution >= 0.6 is 0 Å². The Kier molecular flexibility index (Phi) is 10.4. The van der Waals surface area contributed by atoms with Crippen LogP contribution in [0.4, 0.5) is 4.79 Å². The third-order valence-electron chi connectivity index (χ3n) is 7.71. The molecule has 0 unspecified atom stereocenters. The zero-order valence-corrected chi connectivity index (χ0v) is 24.0. The predicted molar refractivity (Wildman–Crippen MR) is 150 cm³/mol. The Balaban J connectivity index is 1.63. The van der Waals surface area contributed by atoms with Gasteiger partial charge < -0.3 is 33.8 Å². The zero-order valence-electron chi connectivity index (χ0n) is 24.0. The molecule has 0 bridgehead atoms. The van der Waals surface area contributed by atoms with Gasteiger partial charge in [-0.15, -0.1) is 0 Å². The molecule has 0 spiro atoms. The lowest BCUT2D eigenvalue weighted by atomic mass is 9.91. The van der Waals surface area contributed by atoms with E-state index in [1.165, 1.54) is 4.90 Å². The van der Waals surface area contributed by atoms with Crippen molar-refractivity contribution in [3.05, 3.63) is 30.1 Å². The summed E-state index contributed by atoms with van der Waals surface area (Å²) in [4.78, 5) is 49.5. The summed E-state index contributed by atoms with van der Waals surface area (Å²) in [5, 5.41) is 9.94. The van der Waals surface area contributed by atoms with Crippen molar-refractivity contribution < 1.29 is 29.0 Å². The highest BCUT2D eigenvalue weighted by atomic mass is 16.5. The van der Waals surface area contributed by atoms with Crippen LogP contribution < -0.4 is 0 Å². The van der Waals surface area contributed by atoms with Gasteiger partial charge in [-0.1, -0.05) is 26.0 Å². The van der Waals surface area contributed by atoms with Crippen LogP contribution in [0.15, 0.2) is 24.3 Å². The zero-order chi connectivity index (χ0) is 28.6. The molecule has 0 aliphatic carbocycles. The van der Waals surface area contributed by atoms with E-state index in [-0.39, 0.29) is 30.8 Å². The Hall–Kier alpha value is -3.18. The third-order valence-corrected chi connectivity index (χ3v) is 7.71. The molecule has 11 nitrogen and oxygen atoms in total. The molecule has 2 aliphatic heterocycles. The van der Waals surface area contributed by atoms with Gasteiger partial charge in [-0.3, -0.25) is 9.59 Å². The number of likely N-dealkylation sites (tertiary alicyclic amines) is 1. The molecule has 2 atom stereocenters. The molecule has 0 radical (unpaired) electrons. The van der Waals surface area contributed by atoms with Crippen LogP contribution in [0.1, 0.15) is 50.1 Å². The fourth-order valence-corrected chi connectivity index (χ4v) is 5.75. The number of carboxylic acid groups (broad SMARTS) is 1. The number of benzene rings is 1. The lowest BCUT2D eigenvalue weighted by molar-refractivity contribution is -0.142. The predicted octanol–water partition coefficient (Wildman–Crippen LogP) is 3.18. The lowest BCUT2D eigenvalue weighted by Gasteiger charge is -2.43. The van der Waals surface area contributed by atoms with E-state index >= 15 is 0 Å². The molecular weight excluding hydrogens is 514 g/mol. The van der Waals surface area contributed by atoms with Gasteiger partial charge in [0.25, 0.3) is 5.91 Å². The maximum absolute atomic E-state index is 14.3. The van der Waals surface area contributed by atoms with Crippen LogP contribution in [-0.4, -0.2) is 113 Å². The largest absolute Gasteiger partial charge is 0.465 e. The van der Waals surface area contributed by atoms with Crippen molar-refractivity contribution in [1.29, 1.82) is 0 Å². The van der Waals surface area contributed by atoms with E-state index in [4.69, 9.17) is 14.5 Å². The van der Waals surface area contributed by atoms with Crippen molar-refractivity contribution >= 4 is 28.9 Å². The first kappa shape index (κ1) is 29.8. The molecule has 2 aliphatic rings. The number of amides is 3. The molecule has 2 saturated heterocycles. The van der Waals surface area contributed by atoms with E-state index in [2.05, 4.69) is 0 Å². The first-order chi connectivity index (χ1) is 19.3. The molecule has 0 saturated carbocycles. The van der Waals surface area contributed by atoms with Crippen LogP contribution in [0.25, 0.3) is 11.0 Å². The molecular formula is C29H43N5O6. The molecule has 2 fully saturated rings. The number of imidazole rings is 1. The molecule has 3 heterocycles. The summed E-state index contributed by atoms with van der Waals surface area (Å²) >= 11 is 0. The fraction of sp³-hybridized carbons (Fsp3) is 0.655. The standard InChI is InChI=1S/C29H43N5O6/c1-21(2)18-34(23-17-22(19-32(20-23)29(37)38)27(35)31-12-15-40-16-13-31)28(36)26-30-24-9-5-6-10-25(24)33(26)11-7-4-8-14-39-3/h5-6,9-10,21-23H,4,7-8,11-20H2,1-3H3,(H,37,38)/t22-,23+/m1/s1. The third kappa shape index (κ3) is 7.11. The van der Waals surface area contributed by atoms with Crippen LogP contribution in [0, 0.1) is 11.8 Å². The van der Waals surface area contributed by atoms with Crippen molar-refractivity contribution in [2.24, 2.45) is 11.8 Å². The smallest absolute Gasteiger partial charge is 0.407 e. The quantitative estimate of drug-likeness (QED) is 0.422. The number of para-hydroxylation sites is 2. The van der Waals surface area contributed by atoms with Crippen molar-refractivity contribution in [1.82, 2.24) is 24.3 Å². The number of piperidine rings is 1. The van der Waals surface area contributed by atoms with Crippen molar-refractivity contribution in [2.45, 2.75) is 52.1 Å². The Labute approximate surface area is 236 Å². The van der Waals surface area contributed by atoms with Gasteiger partial charge in [0.15, 0.2) is 5.82 Å². The van der Waals surface area contributed by atoms with Gasteiger partial charge >= 0.3 is 6.09 Å². The fourth-order valence-electron chi connectivity index (χ4n) is 5.75. The van der Waals surface area contributed by atoms with Crippen molar-refractivity contribution in [3.63, 3.8) is 0 Å². The second-order valence-corrected chi connectivity index (χ2v) is 11.2. The number of hydrogen-bond donors (Lipinski definition) is 1. The minimum Gasteiger partial charge on any atom is -0.465 e. The molecule has 3 amide bonds. The Morgan fingerprint density at radius 2 is 1.85 bits per heavy atom. The molecule has 1 aromatic heterocycles. The maximum Gasteiger partial charge on any atom is 0.407 e. The molecule has 1 aromatic carbocycles. The average molecular weight is 558 g/mol. The highest BCUT2D eigenvalue weighted by Gasteiger charge is 2.40. The number of morpholine rings is 1. The van der Waals surface area contributed by atoms with E-state index in [0.717, 1.165) is 30.3 Å². The summed E-state index contributed by atoms with van der Waals surface area (Å²) < 4.78 is 12.6. The molecule has 4 rings (SSSR count). The lowest BCUT2D eigenvalue weighted by Crippen LogP contribution is -2.58. The van der Waals surface area contributed by atoms with Gasteiger partial charge in [-0.05, 0) is 43.7 Å². The first-order valence-corrected chi connectivity index (χ1v) is 14.4. The van der Waals surface area contributed by atoms with Crippen LogP contribution in [-0.2, 0) is 20.8 Å². The number of hydrogen-bond acceptors (Lipinski definition) is 6. The number of methoxy groups -OCH3 is 1. The Morgan fingerprint density at radius 1 is 1.10 bits per heavy atom. The second kappa shape index (κ2) is 13.9. The number of carbonyl (C=O) groups excluding carboxylic acids is 2. The van der Waals surface area contributed by atoms with Gasteiger partial charge in [-0.25, -0.2) is 9.78 Å². The number of nitrogens with zero attached hydrogens (tertiary/aromatic N) is 5. The topological polar surface area (TPSA) is 117 Å².